The van der Waals surface area contributed by atoms with Crippen LogP contribution in [0.2, 0.25) is 0 Å². The van der Waals surface area contributed by atoms with Gasteiger partial charge < -0.3 is 25.2 Å². The predicted molar refractivity (Wildman–Crippen MR) is 105 cm³/mol. The average Bonchev–Trinajstić information content (AvgIpc) is 2.58. The molecule has 2 aromatic carbocycles. The lowest BCUT2D eigenvalue weighted by atomic mass is 9.98. The van der Waals surface area contributed by atoms with Gasteiger partial charge >= 0.3 is 0 Å². The number of hydrogen-bond donors (Lipinski definition) is 4. The molecule has 25 heavy (non-hydrogen) atoms. The predicted octanol–water partition coefficient (Wildman–Crippen LogP) is 5.31. The molecule has 0 unspecified atom stereocenters. The quantitative estimate of drug-likeness (QED) is 0.294. The molecule has 0 aliphatic heterocycles. The molecule has 0 aromatic heterocycles. The number of benzene rings is 2. The van der Waals surface area contributed by atoms with Gasteiger partial charge in [0.1, 0.15) is 0 Å². The van der Waals surface area contributed by atoms with Crippen LogP contribution in [-0.4, -0.2) is 27.0 Å². The van der Waals surface area contributed by atoms with Gasteiger partial charge in [0.05, 0.1) is 15.6 Å². The Kier molecular flexibility index (Phi) is 7.01. The lowest BCUT2D eigenvalue weighted by Crippen LogP contribution is -2.02. The smallest absolute Gasteiger partial charge is 0.173 e. The van der Waals surface area contributed by atoms with E-state index in [9.17, 15) is 20.4 Å². The minimum atomic E-state index is -0.257. The van der Waals surface area contributed by atoms with Crippen molar-refractivity contribution in [3.63, 3.8) is 0 Å². The summed E-state index contributed by atoms with van der Waals surface area (Å²) in [6, 6.07) is 2.91. The Morgan fingerprint density at radius 3 is 2.00 bits per heavy atom. The van der Waals surface area contributed by atoms with Crippen molar-refractivity contribution >= 4 is 47.8 Å². The van der Waals surface area contributed by atoms with Crippen LogP contribution in [0.25, 0.3) is 0 Å². The topological polar surface area (TPSA) is 90.2 Å². The Morgan fingerprint density at radius 1 is 0.840 bits per heavy atom. The first-order valence-electron chi connectivity index (χ1n) is 7.46. The Bertz CT molecular complexity index is 793. The molecular weight excluding hydrogens is 524 g/mol. The van der Waals surface area contributed by atoms with Gasteiger partial charge in [-0.25, -0.2) is 0 Å². The molecule has 2 rings (SSSR count). The molecule has 0 aliphatic rings. The van der Waals surface area contributed by atoms with Gasteiger partial charge in [0.25, 0.3) is 0 Å². The van der Waals surface area contributed by atoms with Crippen LogP contribution in [0, 0.1) is 0 Å². The average molecular weight is 541 g/mol. The number of phenols is 4. The van der Waals surface area contributed by atoms with E-state index in [0.29, 0.717) is 43.1 Å². The maximum absolute atomic E-state index is 10.0. The second-order valence-electron chi connectivity index (χ2n) is 5.46. The third-order valence-electron chi connectivity index (χ3n) is 3.62. The second kappa shape index (κ2) is 8.62. The van der Waals surface area contributed by atoms with E-state index in [1.165, 1.54) is 12.1 Å². The molecule has 4 N–H and O–H groups in total. The van der Waals surface area contributed by atoms with E-state index in [-0.39, 0.29) is 29.6 Å². The van der Waals surface area contributed by atoms with Crippen molar-refractivity contribution < 1.29 is 25.2 Å². The molecule has 0 saturated heterocycles. The molecule has 0 amide bonds. The van der Waals surface area contributed by atoms with E-state index in [0.717, 1.165) is 6.42 Å². The lowest BCUT2D eigenvalue weighted by molar-refractivity contribution is 0.120. The van der Waals surface area contributed by atoms with Crippen LogP contribution >= 0.6 is 47.8 Å². The van der Waals surface area contributed by atoms with Gasteiger partial charge in [-0.1, -0.05) is 6.92 Å². The molecule has 2 aromatic rings. The molecule has 0 spiro atoms. The molecule has 0 bridgehead atoms. The molecule has 136 valence electrons. The van der Waals surface area contributed by atoms with Crippen molar-refractivity contribution in [3.05, 3.63) is 42.2 Å². The Labute approximate surface area is 170 Å². The highest BCUT2D eigenvalue weighted by molar-refractivity contribution is 9.13. The molecule has 0 radical (unpaired) electrons. The Balaban J connectivity index is 2.50. The van der Waals surface area contributed by atoms with Crippen LogP contribution in [0.4, 0.5) is 0 Å². The summed E-state index contributed by atoms with van der Waals surface area (Å²) in [7, 11) is 0. The zero-order chi connectivity index (χ0) is 18.7. The Hall–Kier alpha value is -0.960. The van der Waals surface area contributed by atoms with Crippen LogP contribution in [-0.2, 0) is 17.8 Å². The highest BCUT2D eigenvalue weighted by Crippen LogP contribution is 2.44. The van der Waals surface area contributed by atoms with E-state index in [2.05, 4.69) is 47.8 Å². The summed E-state index contributed by atoms with van der Waals surface area (Å²) in [5.74, 6) is -1.00. The maximum atomic E-state index is 10.0. The maximum Gasteiger partial charge on any atom is 0.173 e. The number of rotatable bonds is 6. The zero-order valence-corrected chi connectivity index (χ0v) is 18.1. The monoisotopic (exact) mass is 538 g/mol. The summed E-state index contributed by atoms with van der Waals surface area (Å²) >= 11 is 9.94. The van der Waals surface area contributed by atoms with E-state index >= 15 is 0 Å². The number of halogens is 3. The van der Waals surface area contributed by atoms with Crippen molar-refractivity contribution in [2.24, 2.45) is 0 Å². The zero-order valence-electron chi connectivity index (χ0n) is 13.3. The largest absolute Gasteiger partial charge is 0.504 e. The normalized spacial score (nSPS) is 11.0. The van der Waals surface area contributed by atoms with Crippen LogP contribution in [0.3, 0.4) is 0 Å². The molecule has 0 fully saturated rings. The van der Waals surface area contributed by atoms with E-state index in [1.807, 2.05) is 6.92 Å². The van der Waals surface area contributed by atoms with Crippen LogP contribution in [0.5, 0.6) is 23.0 Å². The molecule has 0 atom stereocenters. The summed E-state index contributed by atoms with van der Waals surface area (Å²) in [4.78, 5) is 0. The summed E-state index contributed by atoms with van der Waals surface area (Å²) in [6.07, 6.45) is 1.19. The number of hydrogen-bond acceptors (Lipinski definition) is 5. The standard InChI is InChI=1S/C17H17Br3O5/c1-2-3-25-7-9-6-12(22)16(23)14(19)10(9)4-8-5-11(21)17(24)15(20)13(8)18/h5-6,21-24H,2-4,7H2,1H3. The van der Waals surface area contributed by atoms with Crippen molar-refractivity contribution in [2.75, 3.05) is 6.61 Å². The number of aromatic hydroxyl groups is 4. The van der Waals surface area contributed by atoms with Crippen LogP contribution in [0.1, 0.15) is 30.0 Å². The molecule has 0 aliphatic carbocycles. The van der Waals surface area contributed by atoms with Crippen molar-refractivity contribution in [1.29, 1.82) is 0 Å². The number of ether oxygens (including phenoxy) is 1. The fraction of sp³-hybridized carbons (Fsp3) is 0.294. The van der Waals surface area contributed by atoms with Gasteiger partial charge in [0, 0.05) is 17.5 Å². The first-order chi connectivity index (χ1) is 11.8. The highest BCUT2D eigenvalue weighted by Gasteiger charge is 2.20. The summed E-state index contributed by atoms with van der Waals surface area (Å²) in [5.41, 5.74) is 2.11. The van der Waals surface area contributed by atoms with Crippen molar-refractivity contribution in [2.45, 2.75) is 26.4 Å². The van der Waals surface area contributed by atoms with Gasteiger partial charge in [-0.15, -0.1) is 0 Å². The lowest BCUT2D eigenvalue weighted by Gasteiger charge is -2.16. The van der Waals surface area contributed by atoms with Gasteiger partial charge in [-0.3, -0.25) is 0 Å². The van der Waals surface area contributed by atoms with Crippen molar-refractivity contribution in [1.82, 2.24) is 0 Å². The van der Waals surface area contributed by atoms with Gasteiger partial charge in [0.2, 0.25) is 0 Å². The van der Waals surface area contributed by atoms with E-state index < -0.39 is 0 Å². The summed E-state index contributed by atoms with van der Waals surface area (Å²) < 4.78 is 6.85. The minimum absolute atomic E-state index is 0.237. The second-order valence-corrected chi connectivity index (χ2v) is 7.84. The third-order valence-corrected chi connectivity index (χ3v) is 6.69. The van der Waals surface area contributed by atoms with Crippen LogP contribution < -0.4 is 0 Å². The fourth-order valence-electron chi connectivity index (χ4n) is 2.34. The fourth-order valence-corrected chi connectivity index (χ4v) is 3.83. The van der Waals surface area contributed by atoms with Crippen molar-refractivity contribution in [3.8, 4) is 23.0 Å². The molecule has 0 saturated carbocycles. The first-order valence-corrected chi connectivity index (χ1v) is 9.84. The van der Waals surface area contributed by atoms with Gasteiger partial charge in [0.15, 0.2) is 23.0 Å². The molecule has 8 heteroatoms. The molecular formula is C17H17Br3O5. The molecule has 0 heterocycles. The van der Waals surface area contributed by atoms with E-state index in [1.54, 1.807) is 0 Å². The van der Waals surface area contributed by atoms with E-state index in [4.69, 9.17) is 4.74 Å². The molecule has 5 nitrogen and oxygen atoms in total. The van der Waals surface area contributed by atoms with Crippen LogP contribution in [0.15, 0.2) is 25.6 Å². The summed E-state index contributed by atoms with van der Waals surface area (Å²) in [6.45, 7) is 2.85. The Morgan fingerprint density at radius 2 is 1.40 bits per heavy atom. The van der Waals surface area contributed by atoms with Gasteiger partial charge in [-0.05, 0) is 83.0 Å². The number of phenolic OH excluding ortho intramolecular Hbond substituents is 4. The third kappa shape index (κ3) is 4.42. The SMILES string of the molecule is CCCOCc1cc(O)c(O)c(Br)c1Cc1cc(O)c(O)c(Br)c1Br. The first kappa shape index (κ1) is 20.4. The minimum Gasteiger partial charge on any atom is -0.504 e. The van der Waals surface area contributed by atoms with Gasteiger partial charge in [-0.2, -0.15) is 0 Å². The highest BCUT2D eigenvalue weighted by atomic mass is 79.9. The summed E-state index contributed by atoms with van der Waals surface area (Å²) in [5, 5.41) is 39.6.